The van der Waals surface area contributed by atoms with Crippen LogP contribution in [-0.2, 0) is 11.3 Å². The van der Waals surface area contributed by atoms with Crippen molar-refractivity contribution in [2.45, 2.75) is 26.8 Å². The summed E-state index contributed by atoms with van der Waals surface area (Å²) in [6.07, 6.45) is -0.0785. The lowest BCUT2D eigenvalue weighted by Crippen LogP contribution is -2.22. The number of nitriles is 1. The number of carbonyl (C=O) groups excluding carboxylic acids is 1. The van der Waals surface area contributed by atoms with Crippen molar-refractivity contribution in [3.05, 3.63) is 34.9 Å². The molecule has 1 rings (SSSR count). The van der Waals surface area contributed by atoms with E-state index in [4.69, 9.17) is 5.26 Å². The molecule has 1 aromatic carbocycles. The minimum atomic E-state index is -0.224. The first-order valence-electron chi connectivity index (χ1n) is 4.84. The zero-order valence-electron chi connectivity index (χ0n) is 9.00. The average Bonchev–Trinajstić information content (AvgIpc) is 2.21. The Morgan fingerprint density at radius 2 is 2.20 bits per heavy atom. The Hall–Kier alpha value is -1.82. The van der Waals surface area contributed by atoms with E-state index in [0.717, 1.165) is 5.56 Å². The third-order valence-electron chi connectivity index (χ3n) is 2.43. The van der Waals surface area contributed by atoms with E-state index in [1.165, 1.54) is 11.1 Å². The van der Waals surface area contributed by atoms with E-state index in [2.05, 4.69) is 5.32 Å². The Morgan fingerprint density at radius 1 is 1.47 bits per heavy atom. The molecule has 3 nitrogen and oxygen atoms in total. The summed E-state index contributed by atoms with van der Waals surface area (Å²) in [5, 5.41) is 11.0. The van der Waals surface area contributed by atoms with Gasteiger partial charge in [0.2, 0.25) is 5.91 Å². The highest BCUT2D eigenvalue weighted by Gasteiger charge is 2.03. The highest BCUT2D eigenvalue weighted by atomic mass is 16.1. The standard InChI is InChI=1S/C12H14N2O/c1-9-4-3-5-11(10(9)2)8-14-12(15)6-7-13/h3-5H,6,8H2,1-2H3,(H,14,15). The van der Waals surface area contributed by atoms with Crippen LogP contribution in [0.25, 0.3) is 0 Å². The predicted molar refractivity (Wildman–Crippen MR) is 58.0 cm³/mol. The van der Waals surface area contributed by atoms with Gasteiger partial charge in [-0.2, -0.15) is 5.26 Å². The Labute approximate surface area is 89.7 Å². The number of amides is 1. The number of rotatable bonds is 3. The topological polar surface area (TPSA) is 52.9 Å². The van der Waals surface area contributed by atoms with Crippen LogP contribution in [0.2, 0.25) is 0 Å². The van der Waals surface area contributed by atoms with Gasteiger partial charge in [-0.3, -0.25) is 4.79 Å². The average molecular weight is 202 g/mol. The zero-order chi connectivity index (χ0) is 11.3. The number of aryl methyl sites for hydroxylation is 1. The molecule has 3 heteroatoms. The SMILES string of the molecule is Cc1cccc(CNC(=O)CC#N)c1C. The molecule has 0 atom stereocenters. The fourth-order valence-electron chi connectivity index (χ4n) is 1.33. The third-order valence-corrected chi connectivity index (χ3v) is 2.43. The Bertz CT molecular complexity index is 405. The molecule has 0 aliphatic heterocycles. The molecule has 1 aromatic rings. The first-order chi connectivity index (χ1) is 7.15. The number of benzene rings is 1. The van der Waals surface area contributed by atoms with Gasteiger partial charge >= 0.3 is 0 Å². The summed E-state index contributed by atoms with van der Waals surface area (Å²) < 4.78 is 0. The highest BCUT2D eigenvalue weighted by molar-refractivity contribution is 5.77. The summed E-state index contributed by atoms with van der Waals surface area (Å²) >= 11 is 0. The largest absolute Gasteiger partial charge is 0.351 e. The van der Waals surface area contributed by atoms with Gasteiger partial charge in [-0.05, 0) is 30.5 Å². The molecule has 0 unspecified atom stereocenters. The second-order valence-corrected chi connectivity index (χ2v) is 3.47. The van der Waals surface area contributed by atoms with Gasteiger partial charge < -0.3 is 5.32 Å². The molecule has 0 saturated heterocycles. The van der Waals surface area contributed by atoms with Gasteiger partial charge in [-0.1, -0.05) is 18.2 Å². The number of hydrogen-bond donors (Lipinski definition) is 1. The lowest BCUT2D eigenvalue weighted by atomic mass is 10.0. The van der Waals surface area contributed by atoms with E-state index in [0.29, 0.717) is 6.54 Å². The van der Waals surface area contributed by atoms with Crippen LogP contribution < -0.4 is 5.32 Å². The van der Waals surface area contributed by atoms with Gasteiger partial charge in [0.15, 0.2) is 0 Å². The van der Waals surface area contributed by atoms with Crippen LogP contribution in [0, 0.1) is 25.2 Å². The van der Waals surface area contributed by atoms with Crippen LogP contribution in [0.15, 0.2) is 18.2 Å². The zero-order valence-corrected chi connectivity index (χ0v) is 9.00. The summed E-state index contributed by atoms with van der Waals surface area (Å²) in [5.41, 5.74) is 3.50. The number of hydrogen-bond acceptors (Lipinski definition) is 2. The molecule has 1 amide bonds. The van der Waals surface area contributed by atoms with E-state index < -0.39 is 0 Å². The summed E-state index contributed by atoms with van der Waals surface area (Å²) in [6, 6.07) is 7.80. The van der Waals surface area contributed by atoms with Gasteiger partial charge in [0.1, 0.15) is 6.42 Å². The van der Waals surface area contributed by atoms with E-state index in [1.807, 2.05) is 38.1 Å². The van der Waals surface area contributed by atoms with Gasteiger partial charge in [0, 0.05) is 6.54 Å². The normalized spacial score (nSPS) is 9.40. The van der Waals surface area contributed by atoms with E-state index in [-0.39, 0.29) is 12.3 Å². The summed E-state index contributed by atoms with van der Waals surface area (Å²) in [4.78, 5) is 11.1. The van der Waals surface area contributed by atoms with Gasteiger partial charge in [0.25, 0.3) is 0 Å². The first-order valence-corrected chi connectivity index (χ1v) is 4.84. The second-order valence-electron chi connectivity index (χ2n) is 3.47. The first kappa shape index (κ1) is 11.3. The lowest BCUT2D eigenvalue weighted by Gasteiger charge is -2.08. The van der Waals surface area contributed by atoms with Gasteiger partial charge in [0.05, 0.1) is 6.07 Å². The van der Waals surface area contributed by atoms with Crippen LogP contribution in [0.1, 0.15) is 23.1 Å². The molecule has 1 N–H and O–H groups in total. The number of carbonyl (C=O) groups is 1. The number of nitrogens with one attached hydrogen (secondary N) is 1. The molecule has 0 aliphatic carbocycles. The molecule has 15 heavy (non-hydrogen) atoms. The highest BCUT2D eigenvalue weighted by Crippen LogP contribution is 2.12. The molecular weight excluding hydrogens is 188 g/mol. The number of nitrogens with zero attached hydrogens (tertiary/aromatic N) is 1. The summed E-state index contributed by atoms with van der Waals surface area (Å²) in [6.45, 7) is 4.56. The fraction of sp³-hybridized carbons (Fsp3) is 0.333. The molecule has 0 heterocycles. The van der Waals surface area contributed by atoms with Crippen molar-refractivity contribution in [3.63, 3.8) is 0 Å². The van der Waals surface area contributed by atoms with Crippen molar-refractivity contribution in [2.75, 3.05) is 0 Å². The quantitative estimate of drug-likeness (QED) is 0.813. The molecule has 0 bridgehead atoms. The minimum absolute atomic E-state index is 0.0785. The van der Waals surface area contributed by atoms with Crippen molar-refractivity contribution >= 4 is 5.91 Å². The van der Waals surface area contributed by atoms with Crippen LogP contribution in [0.3, 0.4) is 0 Å². The second kappa shape index (κ2) is 5.16. The predicted octanol–water partition coefficient (Wildman–Crippen LogP) is 1.83. The van der Waals surface area contributed by atoms with E-state index >= 15 is 0 Å². The Balaban J connectivity index is 2.63. The Kier molecular flexibility index (Phi) is 3.87. The van der Waals surface area contributed by atoms with Crippen LogP contribution in [-0.4, -0.2) is 5.91 Å². The lowest BCUT2D eigenvalue weighted by molar-refractivity contribution is -0.120. The van der Waals surface area contributed by atoms with Gasteiger partial charge in [-0.25, -0.2) is 0 Å². The van der Waals surface area contributed by atoms with Crippen LogP contribution in [0.4, 0.5) is 0 Å². The molecular formula is C12H14N2O. The molecule has 78 valence electrons. The molecule has 0 aromatic heterocycles. The Morgan fingerprint density at radius 3 is 2.87 bits per heavy atom. The fourth-order valence-corrected chi connectivity index (χ4v) is 1.33. The monoisotopic (exact) mass is 202 g/mol. The van der Waals surface area contributed by atoms with Crippen molar-refractivity contribution in [1.82, 2.24) is 5.32 Å². The van der Waals surface area contributed by atoms with E-state index in [9.17, 15) is 4.79 Å². The van der Waals surface area contributed by atoms with Crippen molar-refractivity contribution < 1.29 is 4.79 Å². The van der Waals surface area contributed by atoms with Crippen molar-refractivity contribution in [1.29, 1.82) is 5.26 Å². The van der Waals surface area contributed by atoms with Gasteiger partial charge in [-0.15, -0.1) is 0 Å². The molecule has 0 radical (unpaired) electrons. The maximum Gasteiger partial charge on any atom is 0.234 e. The van der Waals surface area contributed by atoms with Crippen LogP contribution >= 0.6 is 0 Å². The minimum Gasteiger partial charge on any atom is -0.351 e. The van der Waals surface area contributed by atoms with Crippen LogP contribution in [0.5, 0.6) is 0 Å². The maximum absolute atomic E-state index is 11.1. The molecule has 0 fully saturated rings. The maximum atomic E-state index is 11.1. The summed E-state index contributed by atoms with van der Waals surface area (Å²) in [7, 11) is 0. The third kappa shape index (κ3) is 3.10. The summed E-state index contributed by atoms with van der Waals surface area (Å²) in [5.74, 6) is -0.224. The molecule has 0 saturated carbocycles. The molecule has 0 spiro atoms. The molecule has 0 aliphatic rings. The van der Waals surface area contributed by atoms with E-state index in [1.54, 1.807) is 0 Å². The van der Waals surface area contributed by atoms with Crippen molar-refractivity contribution in [3.8, 4) is 6.07 Å². The van der Waals surface area contributed by atoms with Crippen molar-refractivity contribution in [2.24, 2.45) is 0 Å². The smallest absolute Gasteiger partial charge is 0.234 e.